The van der Waals surface area contributed by atoms with Crippen LogP contribution in [0.1, 0.15) is 32.4 Å². The number of nitrogens with zero attached hydrogens (tertiary/aromatic N) is 2. The summed E-state index contributed by atoms with van der Waals surface area (Å²) >= 11 is 8.27. The largest absolute Gasteiger partial charge is 0.378 e. The van der Waals surface area contributed by atoms with Crippen molar-refractivity contribution in [2.45, 2.75) is 19.4 Å². The van der Waals surface area contributed by atoms with Crippen molar-refractivity contribution in [2.24, 2.45) is 0 Å². The summed E-state index contributed by atoms with van der Waals surface area (Å²) in [6.07, 6.45) is 2.42. The predicted molar refractivity (Wildman–Crippen MR) is 122 cm³/mol. The van der Waals surface area contributed by atoms with Gasteiger partial charge in [0.1, 0.15) is 5.82 Å². The fourth-order valence-electron chi connectivity index (χ4n) is 3.58. The standard InChI is InChI=1S/C23H24ClN3O2S/c1-16-7-12-30-21(16)20(13-17-5-3-2-4-6-17)26-22-19(24)14-18(15-25-22)23(28)27-8-10-29-11-9-27/h2-7,12,14-15,20H,8-11,13H2,1H3,(H,25,26). The molecule has 0 aliphatic carbocycles. The number of carbonyl (C=O) groups is 1. The zero-order valence-corrected chi connectivity index (χ0v) is 18.4. The molecule has 156 valence electrons. The van der Waals surface area contributed by atoms with Gasteiger partial charge in [0.25, 0.3) is 5.91 Å². The van der Waals surface area contributed by atoms with Crippen molar-refractivity contribution < 1.29 is 9.53 Å². The van der Waals surface area contributed by atoms with Gasteiger partial charge in [-0.1, -0.05) is 41.9 Å². The van der Waals surface area contributed by atoms with Gasteiger partial charge in [-0.25, -0.2) is 4.98 Å². The molecule has 1 aliphatic rings. The van der Waals surface area contributed by atoms with Crippen LogP contribution in [0, 0.1) is 6.92 Å². The minimum atomic E-state index is -0.0609. The molecule has 0 saturated carbocycles. The number of pyridine rings is 1. The summed E-state index contributed by atoms with van der Waals surface area (Å²) in [5.74, 6) is 0.526. The third-order valence-electron chi connectivity index (χ3n) is 5.20. The van der Waals surface area contributed by atoms with E-state index in [4.69, 9.17) is 16.3 Å². The van der Waals surface area contributed by atoms with Crippen LogP contribution in [0.15, 0.2) is 54.0 Å². The summed E-state index contributed by atoms with van der Waals surface area (Å²) < 4.78 is 5.32. The maximum atomic E-state index is 12.7. The number of amides is 1. The van der Waals surface area contributed by atoms with E-state index < -0.39 is 0 Å². The molecule has 5 nitrogen and oxygen atoms in total. The van der Waals surface area contributed by atoms with Crippen LogP contribution < -0.4 is 5.32 Å². The molecule has 1 unspecified atom stereocenters. The maximum absolute atomic E-state index is 12.7. The van der Waals surface area contributed by atoms with Crippen LogP contribution >= 0.6 is 22.9 Å². The van der Waals surface area contributed by atoms with Crippen LogP contribution in [0.2, 0.25) is 5.02 Å². The number of carbonyl (C=O) groups excluding carboxylic acids is 1. The summed E-state index contributed by atoms with van der Waals surface area (Å²) in [6.45, 7) is 4.42. The third kappa shape index (κ3) is 4.83. The molecule has 3 aromatic rings. The van der Waals surface area contributed by atoms with Crippen LogP contribution in [0.4, 0.5) is 5.82 Å². The fourth-order valence-corrected chi connectivity index (χ4v) is 4.78. The lowest BCUT2D eigenvalue weighted by molar-refractivity contribution is 0.0302. The highest BCUT2D eigenvalue weighted by atomic mass is 35.5. The van der Waals surface area contributed by atoms with Crippen molar-refractivity contribution in [3.63, 3.8) is 0 Å². The van der Waals surface area contributed by atoms with Gasteiger partial charge in [-0.2, -0.15) is 0 Å². The molecular formula is C23H24ClN3O2S. The lowest BCUT2D eigenvalue weighted by Crippen LogP contribution is -2.40. The number of anilines is 1. The molecule has 1 amide bonds. The summed E-state index contributed by atoms with van der Waals surface area (Å²) in [5, 5.41) is 6.05. The monoisotopic (exact) mass is 441 g/mol. The van der Waals surface area contributed by atoms with Gasteiger partial charge in [0.05, 0.1) is 29.8 Å². The number of rotatable bonds is 6. The van der Waals surface area contributed by atoms with Gasteiger partial charge in [-0.3, -0.25) is 4.79 Å². The van der Waals surface area contributed by atoms with E-state index in [0.717, 1.165) is 6.42 Å². The Morgan fingerprint density at radius 2 is 2.03 bits per heavy atom. The second-order valence-electron chi connectivity index (χ2n) is 7.31. The van der Waals surface area contributed by atoms with Crippen molar-refractivity contribution in [1.82, 2.24) is 9.88 Å². The van der Waals surface area contributed by atoms with Gasteiger partial charge < -0.3 is 15.0 Å². The van der Waals surface area contributed by atoms with Gasteiger partial charge in [0, 0.05) is 24.2 Å². The van der Waals surface area contributed by atoms with Gasteiger partial charge >= 0.3 is 0 Å². The van der Waals surface area contributed by atoms with Crippen LogP contribution in [0.5, 0.6) is 0 Å². The van der Waals surface area contributed by atoms with Crippen molar-refractivity contribution in [3.05, 3.63) is 80.6 Å². The normalized spacial score (nSPS) is 15.1. The molecule has 1 fully saturated rings. The molecule has 1 aromatic carbocycles. The number of hydrogen-bond donors (Lipinski definition) is 1. The Morgan fingerprint density at radius 3 is 2.70 bits per heavy atom. The number of ether oxygens (including phenoxy) is 1. The lowest BCUT2D eigenvalue weighted by atomic mass is 10.0. The van der Waals surface area contributed by atoms with E-state index in [1.165, 1.54) is 16.0 Å². The topological polar surface area (TPSA) is 54.5 Å². The summed E-state index contributed by atoms with van der Waals surface area (Å²) in [7, 11) is 0. The number of nitrogens with one attached hydrogen (secondary N) is 1. The van der Waals surface area contributed by atoms with Gasteiger partial charge in [0.2, 0.25) is 0 Å². The number of morpholine rings is 1. The highest BCUT2D eigenvalue weighted by molar-refractivity contribution is 7.10. The molecule has 0 spiro atoms. The van der Waals surface area contributed by atoms with Crippen LogP contribution in [-0.4, -0.2) is 42.1 Å². The number of hydrogen-bond acceptors (Lipinski definition) is 5. The molecule has 0 radical (unpaired) electrons. The van der Waals surface area contributed by atoms with Gasteiger partial charge in [-0.05, 0) is 42.0 Å². The molecule has 0 bridgehead atoms. The Kier molecular flexibility index (Phi) is 6.67. The first-order chi connectivity index (χ1) is 14.6. The quantitative estimate of drug-likeness (QED) is 0.586. The summed E-state index contributed by atoms with van der Waals surface area (Å²) in [5.41, 5.74) is 2.97. The molecule has 30 heavy (non-hydrogen) atoms. The van der Waals surface area contributed by atoms with E-state index in [1.807, 2.05) is 18.2 Å². The second kappa shape index (κ2) is 9.60. The molecule has 1 atom stereocenters. The zero-order chi connectivity index (χ0) is 20.9. The number of aryl methyl sites for hydroxylation is 1. The Hall–Kier alpha value is -2.41. The number of aromatic nitrogens is 1. The van der Waals surface area contributed by atoms with Crippen molar-refractivity contribution in [3.8, 4) is 0 Å². The third-order valence-corrected chi connectivity index (χ3v) is 6.62. The Morgan fingerprint density at radius 1 is 1.27 bits per heavy atom. The fraction of sp³-hybridized carbons (Fsp3) is 0.304. The predicted octanol–water partition coefficient (Wildman–Crippen LogP) is 4.97. The summed E-state index contributed by atoms with van der Waals surface area (Å²) in [6, 6.07) is 14.2. The van der Waals surface area contributed by atoms with E-state index >= 15 is 0 Å². The molecule has 4 rings (SSSR count). The van der Waals surface area contributed by atoms with Crippen molar-refractivity contribution in [1.29, 1.82) is 0 Å². The van der Waals surface area contributed by atoms with Crippen LogP contribution in [-0.2, 0) is 11.2 Å². The number of benzene rings is 1. The molecule has 1 aliphatic heterocycles. The van der Waals surface area contributed by atoms with Gasteiger partial charge in [-0.15, -0.1) is 11.3 Å². The molecule has 2 aromatic heterocycles. The average molecular weight is 442 g/mol. The van der Waals surface area contributed by atoms with Gasteiger partial charge in [0.15, 0.2) is 0 Å². The molecule has 7 heteroatoms. The first-order valence-corrected chi connectivity index (χ1v) is 11.2. The van der Waals surface area contributed by atoms with E-state index in [1.54, 1.807) is 28.5 Å². The smallest absolute Gasteiger partial charge is 0.255 e. The number of halogens is 1. The Balaban J connectivity index is 1.55. The minimum absolute atomic E-state index is 0.0400. The van der Waals surface area contributed by atoms with E-state index in [0.29, 0.717) is 42.7 Å². The van der Waals surface area contributed by atoms with Crippen LogP contribution in [0.25, 0.3) is 0 Å². The SMILES string of the molecule is Cc1ccsc1C(Cc1ccccc1)Nc1ncc(C(=O)N2CCOCC2)cc1Cl. The molecule has 1 saturated heterocycles. The highest BCUT2D eigenvalue weighted by Crippen LogP contribution is 2.32. The Labute approximate surface area is 185 Å². The minimum Gasteiger partial charge on any atom is -0.378 e. The van der Waals surface area contributed by atoms with E-state index in [9.17, 15) is 4.79 Å². The lowest BCUT2D eigenvalue weighted by Gasteiger charge is -2.27. The average Bonchev–Trinajstić information content (AvgIpc) is 3.21. The maximum Gasteiger partial charge on any atom is 0.255 e. The van der Waals surface area contributed by atoms with E-state index in [2.05, 4.69) is 40.8 Å². The van der Waals surface area contributed by atoms with Crippen molar-refractivity contribution >= 4 is 34.7 Å². The highest BCUT2D eigenvalue weighted by Gasteiger charge is 2.22. The first-order valence-electron chi connectivity index (χ1n) is 9.99. The van der Waals surface area contributed by atoms with E-state index in [-0.39, 0.29) is 11.9 Å². The summed E-state index contributed by atoms with van der Waals surface area (Å²) in [4.78, 5) is 20.2. The second-order valence-corrected chi connectivity index (χ2v) is 8.67. The molecule has 3 heterocycles. The van der Waals surface area contributed by atoms with Crippen molar-refractivity contribution in [2.75, 3.05) is 31.6 Å². The first kappa shape index (κ1) is 20.8. The molecular weight excluding hydrogens is 418 g/mol. The molecule has 1 N–H and O–H groups in total. The van der Waals surface area contributed by atoms with Crippen LogP contribution in [0.3, 0.4) is 0 Å². The Bertz CT molecular complexity index is 1000. The number of thiophene rings is 1. The zero-order valence-electron chi connectivity index (χ0n) is 16.8.